The lowest BCUT2D eigenvalue weighted by Crippen LogP contribution is -2.33. The van der Waals surface area contributed by atoms with E-state index < -0.39 is 11.7 Å². The molecule has 0 aromatic heterocycles. The largest absolute Gasteiger partial charge is 0.443 e. The molecule has 4 heteroatoms. The zero-order chi connectivity index (χ0) is 15.5. The van der Waals surface area contributed by atoms with Gasteiger partial charge >= 0.3 is 6.09 Å². The van der Waals surface area contributed by atoms with E-state index in [9.17, 15) is 4.79 Å². The summed E-state index contributed by atoms with van der Waals surface area (Å²) in [5, 5.41) is 0. The molecule has 0 heterocycles. The van der Waals surface area contributed by atoms with Gasteiger partial charge in [0.25, 0.3) is 0 Å². The van der Waals surface area contributed by atoms with Crippen LogP contribution in [0.4, 0.5) is 16.2 Å². The van der Waals surface area contributed by atoms with Crippen LogP contribution >= 0.6 is 15.9 Å². The Morgan fingerprint density at radius 3 is 2.00 bits per heavy atom. The van der Waals surface area contributed by atoms with Crippen LogP contribution in [0.3, 0.4) is 0 Å². The van der Waals surface area contributed by atoms with Gasteiger partial charge in [-0.25, -0.2) is 9.69 Å². The number of benzene rings is 2. The molecule has 0 bridgehead atoms. The van der Waals surface area contributed by atoms with Gasteiger partial charge in [-0.1, -0.05) is 34.1 Å². The lowest BCUT2D eigenvalue weighted by Gasteiger charge is -2.27. The summed E-state index contributed by atoms with van der Waals surface area (Å²) in [7, 11) is 0. The molecule has 0 atom stereocenters. The quantitative estimate of drug-likeness (QED) is 0.715. The van der Waals surface area contributed by atoms with Crippen LogP contribution in [0.1, 0.15) is 20.8 Å². The molecule has 0 radical (unpaired) electrons. The van der Waals surface area contributed by atoms with Gasteiger partial charge in [0.2, 0.25) is 0 Å². The van der Waals surface area contributed by atoms with Crippen LogP contribution in [-0.4, -0.2) is 11.7 Å². The number of carbonyl (C=O) groups excluding carboxylic acids is 1. The van der Waals surface area contributed by atoms with E-state index in [1.54, 1.807) is 4.90 Å². The maximum Gasteiger partial charge on any atom is 0.419 e. The van der Waals surface area contributed by atoms with E-state index in [0.717, 1.165) is 15.8 Å². The number of carbonyl (C=O) groups is 1. The summed E-state index contributed by atoms with van der Waals surface area (Å²) < 4.78 is 6.48. The average molecular weight is 348 g/mol. The van der Waals surface area contributed by atoms with E-state index in [2.05, 4.69) is 15.9 Å². The highest BCUT2D eigenvalue weighted by Gasteiger charge is 2.24. The molecule has 1 amide bonds. The Kier molecular flexibility index (Phi) is 4.68. The van der Waals surface area contributed by atoms with E-state index in [-0.39, 0.29) is 0 Å². The number of anilines is 2. The molecular formula is C17H18BrNO2. The van der Waals surface area contributed by atoms with Crippen molar-refractivity contribution in [3.63, 3.8) is 0 Å². The minimum atomic E-state index is -0.542. The number of para-hydroxylation sites is 1. The second kappa shape index (κ2) is 6.31. The second-order valence-electron chi connectivity index (χ2n) is 5.63. The summed E-state index contributed by atoms with van der Waals surface area (Å²) in [6, 6.07) is 17.0. The molecule has 0 unspecified atom stereocenters. The zero-order valence-corrected chi connectivity index (χ0v) is 13.9. The highest BCUT2D eigenvalue weighted by Crippen LogP contribution is 2.28. The summed E-state index contributed by atoms with van der Waals surface area (Å²) >= 11 is 3.40. The van der Waals surface area contributed by atoms with Gasteiger partial charge in [0.15, 0.2) is 0 Å². The maximum atomic E-state index is 12.5. The van der Waals surface area contributed by atoms with E-state index in [4.69, 9.17) is 4.74 Å². The monoisotopic (exact) mass is 347 g/mol. The van der Waals surface area contributed by atoms with E-state index in [1.165, 1.54) is 0 Å². The van der Waals surface area contributed by atoms with Crippen molar-refractivity contribution < 1.29 is 9.53 Å². The molecule has 0 N–H and O–H groups in total. The van der Waals surface area contributed by atoms with Gasteiger partial charge in [-0.15, -0.1) is 0 Å². The number of halogens is 1. The summed E-state index contributed by atoms with van der Waals surface area (Å²) in [4.78, 5) is 14.1. The molecule has 0 fully saturated rings. The summed E-state index contributed by atoms with van der Waals surface area (Å²) in [6.07, 6.45) is -0.393. The third kappa shape index (κ3) is 4.33. The number of hydrogen-bond acceptors (Lipinski definition) is 2. The van der Waals surface area contributed by atoms with Gasteiger partial charge in [-0.2, -0.15) is 0 Å². The van der Waals surface area contributed by atoms with Crippen molar-refractivity contribution in [3.05, 3.63) is 59.1 Å². The van der Waals surface area contributed by atoms with Gasteiger partial charge in [0, 0.05) is 4.47 Å². The number of rotatable bonds is 2. The molecule has 0 aliphatic carbocycles. The highest BCUT2D eigenvalue weighted by molar-refractivity contribution is 9.10. The third-order valence-electron chi connectivity index (χ3n) is 2.68. The normalized spacial score (nSPS) is 11.0. The Balaban J connectivity index is 2.40. The van der Waals surface area contributed by atoms with Crippen molar-refractivity contribution in [2.45, 2.75) is 26.4 Å². The van der Waals surface area contributed by atoms with Crippen LogP contribution in [-0.2, 0) is 4.74 Å². The van der Waals surface area contributed by atoms with Crippen molar-refractivity contribution in [3.8, 4) is 0 Å². The molecule has 2 rings (SSSR count). The summed E-state index contributed by atoms with van der Waals surface area (Å²) in [6.45, 7) is 5.57. The molecule has 110 valence electrons. The fraction of sp³-hybridized carbons (Fsp3) is 0.235. The van der Waals surface area contributed by atoms with Crippen molar-refractivity contribution in [2.24, 2.45) is 0 Å². The molecule has 0 saturated heterocycles. The third-order valence-corrected chi connectivity index (χ3v) is 3.20. The topological polar surface area (TPSA) is 29.5 Å². The van der Waals surface area contributed by atoms with Crippen molar-refractivity contribution in [2.75, 3.05) is 4.90 Å². The van der Waals surface area contributed by atoms with Gasteiger partial charge in [0.05, 0.1) is 11.4 Å². The number of hydrogen-bond donors (Lipinski definition) is 0. The molecule has 0 aliphatic heterocycles. The van der Waals surface area contributed by atoms with Gasteiger partial charge in [-0.05, 0) is 57.2 Å². The first-order valence-corrected chi connectivity index (χ1v) is 7.50. The smallest absolute Gasteiger partial charge is 0.419 e. The van der Waals surface area contributed by atoms with Gasteiger partial charge in [-0.3, -0.25) is 0 Å². The van der Waals surface area contributed by atoms with Crippen LogP contribution in [0.25, 0.3) is 0 Å². The first kappa shape index (κ1) is 15.6. The number of nitrogens with zero attached hydrogens (tertiary/aromatic N) is 1. The van der Waals surface area contributed by atoms with E-state index in [1.807, 2.05) is 75.4 Å². The minimum absolute atomic E-state index is 0.393. The minimum Gasteiger partial charge on any atom is -0.443 e. The van der Waals surface area contributed by atoms with E-state index >= 15 is 0 Å². The Bertz CT molecular complexity index is 603. The summed E-state index contributed by atoms with van der Waals surface area (Å²) in [5.74, 6) is 0. The first-order chi connectivity index (χ1) is 9.87. The lowest BCUT2D eigenvalue weighted by atomic mass is 10.2. The Morgan fingerprint density at radius 2 is 1.48 bits per heavy atom. The van der Waals surface area contributed by atoms with Gasteiger partial charge < -0.3 is 4.74 Å². The molecule has 3 nitrogen and oxygen atoms in total. The Morgan fingerprint density at radius 1 is 0.952 bits per heavy atom. The Labute approximate surface area is 133 Å². The molecular weight excluding hydrogens is 330 g/mol. The molecule has 2 aromatic carbocycles. The molecule has 2 aromatic rings. The predicted octanol–water partition coefficient (Wildman–Crippen LogP) is 5.52. The molecule has 21 heavy (non-hydrogen) atoms. The van der Waals surface area contributed by atoms with Crippen LogP contribution in [0.5, 0.6) is 0 Å². The van der Waals surface area contributed by atoms with Crippen molar-refractivity contribution in [1.29, 1.82) is 0 Å². The Hall–Kier alpha value is -1.81. The number of amides is 1. The SMILES string of the molecule is CC(C)(C)OC(=O)N(c1ccccc1)c1ccc(Br)cc1. The van der Waals surface area contributed by atoms with Crippen molar-refractivity contribution >= 4 is 33.4 Å². The maximum absolute atomic E-state index is 12.5. The van der Waals surface area contributed by atoms with Crippen LogP contribution < -0.4 is 4.90 Å². The number of ether oxygens (including phenoxy) is 1. The molecule has 0 saturated carbocycles. The first-order valence-electron chi connectivity index (χ1n) is 6.70. The van der Waals surface area contributed by atoms with E-state index in [0.29, 0.717) is 0 Å². The predicted molar refractivity (Wildman–Crippen MR) is 89.0 cm³/mol. The zero-order valence-electron chi connectivity index (χ0n) is 12.3. The lowest BCUT2D eigenvalue weighted by molar-refractivity contribution is 0.0599. The molecule has 0 spiro atoms. The average Bonchev–Trinajstić information content (AvgIpc) is 2.40. The summed E-state index contributed by atoms with van der Waals surface area (Å²) in [5.41, 5.74) is 0.993. The standard InChI is InChI=1S/C17H18BrNO2/c1-17(2,3)21-16(20)19(14-7-5-4-6-8-14)15-11-9-13(18)10-12-15/h4-12H,1-3H3. The van der Waals surface area contributed by atoms with Crippen LogP contribution in [0, 0.1) is 0 Å². The highest BCUT2D eigenvalue weighted by atomic mass is 79.9. The van der Waals surface area contributed by atoms with Crippen LogP contribution in [0.2, 0.25) is 0 Å². The molecule has 0 aliphatic rings. The fourth-order valence-electron chi connectivity index (χ4n) is 1.83. The fourth-order valence-corrected chi connectivity index (χ4v) is 2.10. The van der Waals surface area contributed by atoms with Crippen LogP contribution in [0.15, 0.2) is 59.1 Å². The second-order valence-corrected chi connectivity index (χ2v) is 6.54. The van der Waals surface area contributed by atoms with Gasteiger partial charge in [0.1, 0.15) is 5.60 Å². The van der Waals surface area contributed by atoms with Crippen molar-refractivity contribution in [1.82, 2.24) is 0 Å².